The molecule has 3 aliphatic rings. The Labute approximate surface area is 148 Å². The number of piperazine rings is 1. The average molecular weight is 349 g/mol. The molecule has 1 aromatic carbocycles. The Morgan fingerprint density at radius 1 is 1.12 bits per heavy atom. The molecule has 1 atom stereocenters. The predicted octanol–water partition coefficient (Wildman–Crippen LogP) is 2.80. The molecular weight excluding hydrogens is 324 g/mol. The van der Waals surface area contributed by atoms with Gasteiger partial charge < -0.3 is 9.64 Å². The van der Waals surface area contributed by atoms with E-state index in [0.29, 0.717) is 5.91 Å². The van der Waals surface area contributed by atoms with Crippen LogP contribution in [0, 0.1) is 11.3 Å². The number of hydrogen-bond donors (Lipinski definition) is 0. The maximum atomic E-state index is 12.8. The summed E-state index contributed by atoms with van der Waals surface area (Å²) in [6.07, 6.45) is 3.22. The van der Waals surface area contributed by atoms with Gasteiger partial charge in [0.2, 0.25) is 5.91 Å². The molecular formula is C19H25ClN2O2. The van der Waals surface area contributed by atoms with Gasteiger partial charge in [-0.3, -0.25) is 9.69 Å². The number of benzene rings is 1. The number of ether oxygens (including phenoxy) is 1. The predicted molar refractivity (Wildman–Crippen MR) is 93.9 cm³/mol. The van der Waals surface area contributed by atoms with Crippen LogP contribution in [0.3, 0.4) is 0 Å². The molecule has 4 nitrogen and oxygen atoms in total. The normalized spacial score (nSPS) is 26.5. The molecule has 5 heteroatoms. The lowest BCUT2D eigenvalue weighted by atomic mass is 9.93. The van der Waals surface area contributed by atoms with Gasteiger partial charge >= 0.3 is 0 Å². The number of halogens is 1. The average Bonchev–Trinajstić information content (AvgIpc) is 3.30. The van der Waals surface area contributed by atoms with Crippen molar-refractivity contribution in [2.45, 2.75) is 25.8 Å². The Bertz CT molecular complexity index is 590. The molecule has 130 valence electrons. The first kappa shape index (κ1) is 16.4. The van der Waals surface area contributed by atoms with Crippen molar-refractivity contribution < 1.29 is 9.53 Å². The molecule has 0 radical (unpaired) electrons. The molecule has 1 aromatic rings. The highest BCUT2D eigenvalue weighted by molar-refractivity contribution is 6.30. The molecule has 24 heavy (non-hydrogen) atoms. The molecule has 2 heterocycles. The lowest BCUT2D eigenvalue weighted by molar-refractivity contribution is -0.135. The van der Waals surface area contributed by atoms with Crippen LogP contribution in [-0.2, 0) is 16.1 Å². The number of nitrogens with zero attached hydrogens (tertiary/aromatic N) is 2. The molecule has 1 aliphatic carbocycles. The number of rotatable bonds is 3. The quantitative estimate of drug-likeness (QED) is 0.842. The van der Waals surface area contributed by atoms with E-state index in [4.69, 9.17) is 16.3 Å². The molecule has 0 aromatic heterocycles. The monoisotopic (exact) mass is 348 g/mol. The summed E-state index contributed by atoms with van der Waals surface area (Å²) in [4.78, 5) is 17.3. The van der Waals surface area contributed by atoms with Gasteiger partial charge in [0.05, 0.1) is 0 Å². The first-order valence-electron chi connectivity index (χ1n) is 9.00. The topological polar surface area (TPSA) is 32.8 Å². The molecule has 2 saturated heterocycles. The Hall–Kier alpha value is -1.10. The molecule has 2 aliphatic heterocycles. The molecule has 4 rings (SSSR count). The van der Waals surface area contributed by atoms with Crippen molar-refractivity contribution >= 4 is 17.5 Å². The lowest BCUT2D eigenvalue weighted by Gasteiger charge is -2.35. The molecule has 1 spiro atoms. The SMILES string of the molecule is O=C(C1CC12CCOCC2)N1CCN(Cc2ccc(Cl)cc2)CC1. The minimum Gasteiger partial charge on any atom is -0.381 e. The Morgan fingerprint density at radius 2 is 1.79 bits per heavy atom. The summed E-state index contributed by atoms with van der Waals surface area (Å²) >= 11 is 5.94. The second kappa shape index (κ2) is 6.66. The van der Waals surface area contributed by atoms with Gasteiger partial charge in [-0.25, -0.2) is 0 Å². The summed E-state index contributed by atoms with van der Waals surface area (Å²) < 4.78 is 5.46. The van der Waals surface area contributed by atoms with E-state index in [2.05, 4.69) is 21.9 Å². The van der Waals surface area contributed by atoms with Gasteiger partial charge in [0.15, 0.2) is 0 Å². The van der Waals surface area contributed by atoms with Crippen molar-refractivity contribution in [3.63, 3.8) is 0 Å². The van der Waals surface area contributed by atoms with Gasteiger partial charge in [0, 0.05) is 56.9 Å². The number of amides is 1. The van der Waals surface area contributed by atoms with Crippen molar-refractivity contribution in [1.29, 1.82) is 0 Å². The summed E-state index contributed by atoms with van der Waals surface area (Å²) in [5, 5.41) is 0.778. The van der Waals surface area contributed by atoms with Gasteiger partial charge in [-0.15, -0.1) is 0 Å². The smallest absolute Gasteiger partial charge is 0.226 e. The second-order valence-corrected chi connectivity index (χ2v) is 7.90. The largest absolute Gasteiger partial charge is 0.381 e. The zero-order valence-corrected chi connectivity index (χ0v) is 14.8. The van der Waals surface area contributed by atoms with Crippen LogP contribution in [-0.4, -0.2) is 55.1 Å². The van der Waals surface area contributed by atoms with Crippen LogP contribution in [0.5, 0.6) is 0 Å². The zero-order chi connectivity index (χ0) is 16.6. The van der Waals surface area contributed by atoms with E-state index in [1.165, 1.54) is 5.56 Å². The second-order valence-electron chi connectivity index (χ2n) is 7.46. The summed E-state index contributed by atoms with van der Waals surface area (Å²) in [5.74, 6) is 0.659. The highest BCUT2D eigenvalue weighted by Crippen LogP contribution is 2.59. The van der Waals surface area contributed by atoms with Crippen molar-refractivity contribution in [3.8, 4) is 0 Å². The summed E-state index contributed by atoms with van der Waals surface area (Å²) in [6, 6.07) is 8.05. The van der Waals surface area contributed by atoms with Crippen molar-refractivity contribution in [2.24, 2.45) is 11.3 Å². The van der Waals surface area contributed by atoms with Crippen LogP contribution in [0.25, 0.3) is 0 Å². The van der Waals surface area contributed by atoms with Crippen LogP contribution in [0.15, 0.2) is 24.3 Å². The van der Waals surface area contributed by atoms with E-state index in [1.807, 2.05) is 12.1 Å². The van der Waals surface area contributed by atoms with E-state index in [9.17, 15) is 4.79 Å². The van der Waals surface area contributed by atoms with E-state index < -0.39 is 0 Å². The maximum absolute atomic E-state index is 12.8. The van der Waals surface area contributed by atoms with E-state index in [1.54, 1.807) is 0 Å². The number of hydrogen-bond acceptors (Lipinski definition) is 3. The minimum atomic E-state index is 0.268. The van der Waals surface area contributed by atoms with Crippen LogP contribution in [0.4, 0.5) is 0 Å². The van der Waals surface area contributed by atoms with Crippen LogP contribution in [0.2, 0.25) is 5.02 Å². The molecule has 0 bridgehead atoms. The van der Waals surface area contributed by atoms with Crippen LogP contribution < -0.4 is 0 Å². The van der Waals surface area contributed by atoms with Crippen molar-refractivity contribution in [1.82, 2.24) is 9.80 Å². The molecule has 0 N–H and O–H groups in total. The first-order valence-corrected chi connectivity index (χ1v) is 9.37. The summed E-state index contributed by atoms with van der Waals surface area (Å²) in [7, 11) is 0. The first-order chi connectivity index (χ1) is 11.7. The fourth-order valence-electron chi connectivity index (χ4n) is 4.22. The fraction of sp³-hybridized carbons (Fsp3) is 0.632. The van der Waals surface area contributed by atoms with Crippen molar-refractivity contribution in [2.75, 3.05) is 39.4 Å². The van der Waals surface area contributed by atoms with Gasteiger partial charge in [-0.1, -0.05) is 23.7 Å². The Morgan fingerprint density at radius 3 is 2.46 bits per heavy atom. The zero-order valence-electron chi connectivity index (χ0n) is 14.0. The van der Waals surface area contributed by atoms with E-state index >= 15 is 0 Å². The van der Waals surface area contributed by atoms with E-state index in [0.717, 1.165) is 70.2 Å². The Kier molecular flexibility index (Phi) is 4.54. The van der Waals surface area contributed by atoms with Crippen LogP contribution >= 0.6 is 11.6 Å². The standard InChI is InChI=1S/C19H25ClN2O2/c20-16-3-1-15(2-4-16)14-21-7-9-22(10-8-21)18(23)17-13-19(17)5-11-24-12-6-19/h1-4,17H,5-14H2. The highest BCUT2D eigenvalue weighted by atomic mass is 35.5. The van der Waals surface area contributed by atoms with Gasteiger partial charge in [-0.2, -0.15) is 0 Å². The van der Waals surface area contributed by atoms with Gasteiger partial charge in [0.25, 0.3) is 0 Å². The third-order valence-electron chi connectivity index (χ3n) is 5.98. The number of carbonyl (C=O) groups is 1. The maximum Gasteiger partial charge on any atom is 0.226 e. The minimum absolute atomic E-state index is 0.268. The van der Waals surface area contributed by atoms with E-state index in [-0.39, 0.29) is 11.3 Å². The lowest BCUT2D eigenvalue weighted by Crippen LogP contribution is -2.49. The molecule has 1 amide bonds. The third-order valence-corrected chi connectivity index (χ3v) is 6.23. The highest BCUT2D eigenvalue weighted by Gasteiger charge is 2.58. The fourth-order valence-corrected chi connectivity index (χ4v) is 4.35. The number of carbonyl (C=O) groups excluding carboxylic acids is 1. The molecule has 3 fully saturated rings. The molecule has 1 unspecified atom stereocenters. The third kappa shape index (κ3) is 3.32. The van der Waals surface area contributed by atoms with Crippen molar-refractivity contribution in [3.05, 3.63) is 34.9 Å². The van der Waals surface area contributed by atoms with Crippen LogP contribution in [0.1, 0.15) is 24.8 Å². The van der Waals surface area contributed by atoms with Gasteiger partial charge in [-0.05, 0) is 42.4 Å². The Balaban J connectivity index is 1.27. The molecule has 1 saturated carbocycles. The summed E-state index contributed by atoms with van der Waals surface area (Å²) in [6.45, 7) is 6.22. The summed E-state index contributed by atoms with van der Waals surface area (Å²) in [5.41, 5.74) is 1.57. The van der Waals surface area contributed by atoms with Gasteiger partial charge in [0.1, 0.15) is 0 Å².